The lowest BCUT2D eigenvalue weighted by Crippen LogP contribution is -2.24. The third-order valence-corrected chi connectivity index (χ3v) is 4.12. The van der Waals surface area contributed by atoms with Gasteiger partial charge in [0.05, 0.1) is 6.54 Å². The maximum absolute atomic E-state index is 12.1. The number of rotatable bonds is 8. The normalized spacial score (nSPS) is 10.3. The van der Waals surface area contributed by atoms with Crippen LogP contribution in [-0.4, -0.2) is 24.9 Å². The van der Waals surface area contributed by atoms with Crippen molar-refractivity contribution >= 4 is 34.8 Å². The van der Waals surface area contributed by atoms with Gasteiger partial charge in [-0.15, -0.1) is 0 Å². The minimum Gasteiger partial charge on any atom is -0.376 e. The Labute approximate surface area is 159 Å². The van der Waals surface area contributed by atoms with Crippen molar-refractivity contribution in [3.63, 3.8) is 0 Å². The number of nitrogens with one attached hydrogen (secondary N) is 3. The van der Waals surface area contributed by atoms with Crippen LogP contribution in [0.2, 0.25) is 5.02 Å². The first kappa shape index (κ1) is 19.8. The second kappa shape index (κ2) is 9.82. The van der Waals surface area contributed by atoms with Gasteiger partial charge >= 0.3 is 0 Å². The lowest BCUT2D eigenvalue weighted by Gasteiger charge is -2.11. The molecule has 6 heteroatoms. The first-order valence-electron chi connectivity index (χ1n) is 8.67. The van der Waals surface area contributed by atoms with Crippen molar-refractivity contribution in [2.75, 3.05) is 23.7 Å². The molecule has 0 aliphatic carbocycles. The van der Waals surface area contributed by atoms with Gasteiger partial charge in [-0.25, -0.2) is 0 Å². The second-order valence-corrected chi connectivity index (χ2v) is 6.48. The van der Waals surface area contributed by atoms with Crippen molar-refractivity contribution in [2.24, 2.45) is 0 Å². The summed E-state index contributed by atoms with van der Waals surface area (Å²) in [4.78, 5) is 24.0. The molecular weight excluding hydrogens is 350 g/mol. The van der Waals surface area contributed by atoms with Gasteiger partial charge < -0.3 is 16.0 Å². The van der Waals surface area contributed by atoms with E-state index in [0.717, 1.165) is 24.1 Å². The van der Waals surface area contributed by atoms with Gasteiger partial charge in [0.2, 0.25) is 5.91 Å². The molecule has 0 heterocycles. The van der Waals surface area contributed by atoms with Gasteiger partial charge in [0.15, 0.2) is 0 Å². The number of carbonyl (C=O) groups excluding carboxylic acids is 2. The average Bonchev–Trinajstić information content (AvgIpc) is 2.63. The highest BCUT2D eigenvalue weighted by atomic mass is 35.5. The molecule has 0 aliphatic rings. The highest BCUT2D eigenvalue weighted by Crippen LogP contribution is 2.20. The summed E-state index contributed by atoms with van der Waals surface area (Å²) in [7, 11) is 0. The number of hydrogen-bond donors (Lipinski definition) is 3. The minimum absolute atomic E-state index is 0.0841. The highest BCUT2D eigenvalue weighted by molar-refractivity contribution is 6.31. The zero-order valence-electron chi connectivity index (χ0n) is 15.1. The fraction of sp³-hybridized carbons (Fsp3) is 0.300. The first-order valence-corrected chi connectivity index (χ1v) is 9.05. The molecule has 3 N–H and O–H groups in total. The Morgan fingerprint density at radius 2 is 1.81 bits per heavy atom. The third kappa shape index (κ3) is 6.08. The molecule has 0 bridgehead atoms. The monoisotopic (exact) mass is 373 g/mol. The van der Waals surface area contributed by atoms with E-state index in [2.05, 4.69) is 22.9 Å². The molecule has 0 radical (unpaired) electrons. The van der Waals surface area contributed by atoms with Crippen LogP contribution in [0, 0.1) is 6.92 Å². The maximum atomic E-state index is 12.1. The molecule has 2 aromatic carbocycles. The molecule has 0 saturated heterocycles. The van der Waals surface area contributed by atoms with E-state index < -0.39 is 0 Å². The Morgan fingerprint density at radius 1 is 1.08 bits per heavy atom. The number of amides is 2. The molecule has 2 rings (SSSR count). The molecule has 0 aliphatic heterocycles. The Hall–Kier alpha value is -2.53. The van der Waals surface area contributed by atoms with Crippen LogP contribution in [0.5, 0.6) is 0 Å². The van der Waals surface area contributed by atoms with Gasteiger partial charge in [0.1, 0.15) is 0 Å². The zero-order chi connectivity index (χ0) is 18.9. The van der Waals surface area contributed by atoms with E-state index in [-0.39, 0.29) is 18.4 Å². The van der Waals surface area contributed by atoms with Crippen molar-refractivity contribution in [2.45, 2.75) is 26.7 Å². The molecule has 0 saturated carbocycles. The van der Waals surface area contributed by atoms with E-state index in [1.165, 1.54) is 0 Å². The third-order valence-electron chi connectivity index (χ3n) is 3.89. The van der Waals surface area contributed by atoms with Crippen molar-refractivity contribution in [1.29, 1.82) is 0 Å². The summed E-state index contributed by atoms with van der Waals surface area (Å²) in [5.74, 6) is -0.254. The lowest BCUT2D eigenvalue weighted by atomic mass is 10.2. The smallest absolute Gasteiger partial charge is 0.251 e. The Balaban J connectivity index is 1.84. The molecule has 138 valence electrons. The molecule has 26 heavy (non-hydrogen) atoms. The van der Waals surface area contributed by atoms with Crippen LogP contribution in [0.4, 0.5) is 11.4 Å². The zero-order valence-corrected chi connectivity index (χ0v) is 15.8. The van der Waals surface area contributed by atoms with Crippen molar-refractivity contribution in [3.8, 4) is 0 Å². The van der Waals surface area contributed by atoms with Crippen LogP contribution in [0.15, 0.2) is 42.5 Å². The van der Waals surface area contributed by atoms with E-state index >= 15 is 0 Å². The molecular formula is C20H24ClN3O2. The van der Waals surface area contributed by atoms with Gasteiger partial charge in [-0.1, -0.05) is 31.0 Å². The Bertz CT molecular complexity index is 760. The second-order valence-electron chi connectivity index (χ2n) is 6.05. The molecule has 5 nitrogen and oxygen atoms in total. The number of carbonyl (C=O) groups is 2. The van der Waals surface area contributed by atoms with Crippen molar-refractivity contribution in [1.82, 2.24) is 5.32 Å². The lowest BCUT2D eigenvalue weighted by molar-refractivity contribution is -0.114. The van der Waals surface area contributed by atoms with Crippen LogP contribution >= 0.6 is 11.6 Å². The molecule has 0 fully saturated rings. The summed E-state index contributed by atoms with van der Waals surface area (Å²) in [5, 5.41) is 9.32. The standard InChI is InChI=1S/C20H24ClN3O2/c1-3-4-11-22-20(26)15-6-9-17(10-7-15)23-13-19(25)24-18-12-16(21)8-5-14(18)2/h5-10,12,23H,3-4,11,13H2,1-2H3,(H,22,26)(H,24,25). The van der Waals surface area contributed by atoms with E-state index in [1.807, 2.05) is 13.0 Å². The minimum atomic E-state index is -0.170. The molecule has 0 unspecified atom stereocenters. The number of unbranched alkanes of at least 4 members (excludes halogenated alkanes) is 1. The van der Waals surface area contributed by atoms with E-state index in [0.29, 0.717) is 22.8 Å². The summed E-state index contributed by atoms with van der Waals surface area (Å²) in [6, 6.07) is 12.4. The van der Waals surface area contributed by atoms with Crippen molar-refractivity contribution < 1.29 is 9.59 Å². The van der Waals surface area contributed by atoms with Gasteiger partial charge in [0.25, 0.3) is 5.91 Å². The number of halogens is 1. The average molecular weight is 374 g/mol. The number of anilines is 2. The van der Waals surface area contributed by atoms with E-state index in [1.54, 1.807) is 36.4 Å². The van der Waals surface area contributed by atoms with Gasteiger partial charge in [-0.3, -0.25) is 9.59 Å². The van der Waals surface area contributed by atoms with Crippen LogP contribution in [0.25, 0.3) is 0 Å². The maximum Gasteiger partial charge on any atom is 0.251 e. The summed E-state index contributed by atoms with van der Waals surface area (Å²) >= 11 is 5.95. The number of aryl methyl sites for hydroxylation is 1. The molecule has 0 aromatic heterocycles. The van der Waals surface area contributed by atoms with Crippen LogP contribution < -0.4 is 16.0 Å². The van der Waals surface area contributed by atoms with Crippen LogP contribution in [-0.2, 0) is 4.79 Å². The van der Waals surface area contributed by atoms with Gasteiger partial charge in [-0.05, 0) is 55.3 Å². The summed E-state index contributed by atoms with van der Waals surface area (Å²) in [6.07, 6.45) is 2.01. The van der Waals surface area contributed by atoms with Crippen LogP contribution in [0.3, 0.4) is 0 Å². The molecule has 2 aromatic rings. The first-order chi connectivity index (χ1) is 12.5. The van der Waals surface area contributed by atoms with E-state index in [9.17, 15) is 9.59 Å². The summed E-state index contributed by atoms with van der Waals surface area (Å²) < 4.78 is 0. The predicted octanol–water partition coefficient (Wildman–Crippen LogP) is 4.23. The fourth-order valence-corrected chi connectivity index (χ4v) is 2.50. The van der Waals surface area contributed by atoms with Gasteiger partial charge in [-0.2, -0.15) is 0 Å². The topological polar surface area (TPSA) is 70.2 Å². The quantitative estimate of drug-likeness (QED) is 0.606. The molecule has 0 atom stereocenters. The van der Waals surface area contributed by atoms with E-state index in [4.69, 9.17) is 11.6 Å². The fourth-order valence-electron chi connectivity index (χ4n) is 2.33. The summed E-state index contributed by atoms with van der Waals surface area (Å²) in [6.45, 7) is 4.78. The van der Waals surface area contributed by atoms with Gasteiger partial charge in [0, 0.05) is 28.5 Å². The number of benzene rings is 2. The summed E-state index contributed by atoms with van der Waals surface area (Å²) in [5.41, 5.74) is 3.02. The Morgan fingerprint density at radius 3 is 2.50 bits per heavy atom. The Kier molecular flexibility index (Phi) is 7.48. The molecule has 2 amide bonds. The largest absolute Gasteiger partial charge is 0.376 e. The highest BCUT2D eigenvalue weighted by Gasteiger charge is 2.07. The molecule has 0 spiro atoms. The van der Waals surface area contributed by atoms with Crippen molar-refractivity contribution in [3.05, 3.63) is 58.6 Å². The van der Waals surface area contributed by atoms with Crippen LogP contribution in [0.1, 0.15) is 35.7 Å². The SMILES string of the molecule is CCCCNC(=O)c1ccc(NCC(=O)Nc2cc(Cl)ccc2C)cc1. The predicted molar refractivity (Wildman–Crippen MR) is 107 cm³/mol. The number of hydrogen-bond acceptors (Lipinski definition) is 3.